The molecule has 0 unspecified atom stereocenters. The number of anilines is 2. The van der Waals surface area contributed by atoms with Gasteiger partial charge in [0.05, 0.1) is 18.4 Å². The van der Waals surface area contributed by atoms with Gasteiger partial charge in [0.2, 0.25) is 12.2 Å². The first-order chi connectivity index (χ1) is 9.97. The van der Waals surface area contributed by atoms with E-state index < -0.39 is 5.91 Å². The Kier molecular flexibility index (Phi) is 4.34. The van der Waals surface area contributed by atoms with Crippen LogP contribution in [-0.4, -0.2) is 21.6 Å². The van der Waals surface area contributed by atoms with Crippen LogP contribution in [0.3, 0.4) is 0 Å². The van der Waals surface area contributed by atoms with E-state index in [1.54, 1.807) is 52.1 Å². The molecule has 2 aromatic rings. The average molecular weight is 289 g/mol. The molecular formula is C14H17N4O3+. The first-order valence-electron chi connectivity index (χ1n) is 6.37. The fourth-order valence-corrected chi connectivity index (χ4v) is 1.91. The minimum atomic E-state index is -0.510. The summed E-state index contributed by atoms with van der Waals surface area (Å²) in [7, 11) is 1.84. The van der Waals surface area contributed by atoms with Crippen LogP contribution in [-0.2, 0) is 23.2 Å². The van der Waals surface area contributed by atoms with Crippen LogP contribution < -0.4 is 14.9 Å². The van der Waals surface area contributed by atoms with Gasteiger partial charge in [-0.2, -0.15) is 5.06 Å². The second kappa shape index (κ2) is 6.19. The van der Waals surface area contributed by atoms with Gasteiger partial charge in [-0.1, -0.05) is 12.1 Å². The molecule has 0 fully saturated rings. The Balaban J connectivity index is 2.17. The first kappa shape index (κ1) is 14.7. The van der Waals surface area contributed by atoms with Crippen LogP contribution >= 0.6 is 0 Å². The normalized spacial score (nSPS) is 10.2. The predicted molar refractivity (Wildman–Crippen MR) is 75.6 cm³/mol. The van der Waals surface area contributed by atoms with Crippen LogP contribution in [0.1, 0.15) is 6.92 Å². The Labute approximate surface area is 122 Å². The molecule has 21 heavy (non-hydrogen) atoms. The van der Waals surface area contributed by atoms with E-state index in [1.807, 2.05) is 7.05 Å². The third-order valence-corrected chi connectivity index (χ3v) is 2.82. The molecule has 2 rings (SSSR count). The van der Waals surface area contributed by atoms with E-state index in [1.165, 1.54) is 6.92 Å². The van der Waals surface area contributed by atoms with Gasteiger partial charge in [-0.15, -0.1) is 0 Å². The molecule has 1 aromatic carbocycles. The lowest BCUT2D eigenvalue weighted by atomic mass is 10.2. The number of rotatable bonds is 4. The van der Waals surface area contributed by atoms with E-state index in [2.05, 4.69) is 5.32 Å². The third kappa shape index (κ3) is 3.67. The highest BCUT2D eigenvalue weighted by Gasteiger charge is 2.19. The van der Waals surface area contributed by atoms with Gasteiger partial charge in [0.25, 0.3) is 5.91 Å². The number of nitrogens with zero attached hydrogens (tertiary/aromatic N) is 3. The van der Waals surface area contributed by atoms with Crippen molar-refractivity contribution < 1.29 is 19.4 Å². The predicted octanol–water partition coefficient (Wildman–Crippen LogP) is 0.693. The van der Waals surface area contributed by atoms with Crippen LogP contribution in [0.4, 0.5) is 11.4 Å². The molecule has 0 aliphatic carbocycles. The number of hydrogen-bond acceptors (Lipinski definition) is 3. The van der Waals surface area contributed by atoms with Crippen molar-refractivity contribution in [2.24, 2.45) is 7.05 Å². The lowest BCUT2D eigenvalue weighted by Crippen LogP contribution is -2.32. The zero-order chi connectivity index (χ0) is 15.4. The SMILES string of the molecule is CC(=O)Nc1ccccc1N(O)C(=O)Cn1cc[n+](C)c1. The lowest BCUT2D eigenvalue weighted by Gasteiger charge is -2.17. The zero-order valence-corrected chi connectivity index (χ0v) is 11.9. The molecule has 0 radical (unpaired) electrons. The number of benzene rings is 1. The number of para-hydroxylation sites is 2. The molecule has 1 aromatic heterocycles. The van der Waals surface area contributed by atoms with E-state index in [4.69, 9.17) is 0 Å². The molecule has 110 valence electrons. The van der Waals surface area contributed by atoms with Gasteiger partial charge < -0.3 is 5.32 Å². The summed E-state index contributed by atoms with van der Waals surface area (Å²) in [5.41, 5.74) is 0.605. The maximum Gasteiger partial charge on any atom is 0.292 e. The summed E-state index contributed by atoms with van der Waals surface area (Å²) in [6.07, 6.45) is 5.25. The fourth-order valence-electron chi connectivity index (χ4n) is 1.91. The van der Waals surface area contributed by atoms with Crippen LogP contribution in [0.2, 0.25) is 0 Å². The van der Waals surface area contributed by atoms with Crippen molar-refractivity contribution in [1.29, 1.82) is 0 Å². The van der Waals surface area contributed by atoms with Gasteiger partial charge in [-0.05, 0) is 12.1 Å². The average Bonchev–Trinajstić information content (AvgIpc) is 2.83. The molecule has 0 saturated carbocycles. The van der Waals surface area contributed by atoms with Crippen LogP contribution in [0, 0.1) is 0 Å². The molecule has 0 aliphatic heterocycles. The zero-order valence-electron chi connectivity index (χ0n) is 11.9. The Hall–Kier alpha value is -2.67. The van der Waals surface area contributed by atoms with E-state index >= 15 is 0 Å². The molecule has 7 heteroatoms. The van der Waals surface area contributed by atoms with Gasteiger partial charge in [0.1, 0.15) is 12.4 Å². The highest BCUT2D eigenvalue weighted by molar-refractivity contribution is 5.98. The molecule has 2 N–H and O–H groups in total. The van der Waals surface area contributed by atoms with Crippen molar-refractivity contribution in [3.63, 3.8) is 0 Å². The quantitative estimate of drug-likeness (QED) is 0.494. The van der Waals surface area contributed by atoms with E-state index in [0.29, 0.717) is 10.8 Å². The molecule has 1 heterocycles. The first-order valence-corrected chi connectivity index (χ1v) is 6.37. The molecule has 0 spiro atoms. The number of aromatic nitrogens is 2. The second-order valence-corrected chi connectivity index (χ2v) is 4.66. The minimum Gasteiger partial charge on any atom is -0.324 e. The van der Waals surface area contributed by atoms with Gasteiger partial charge in [-0.3, -0.25) is 14.8 Å². The summed E-state index contributed by atoms with van der Waals surface area (Å²) in [5, 5.41) is 13.2. The number of hydroxylamine groups is 1. The second-order valence-electron chi connectivity index (χ2n) is 4.66. The van der Waals surface area contributed by atoms with Gasteiger partial charge in [0, 0.05) is 6.92 Å². The van der Waals surface area contributed by atoms with Crippen LogP contribution in [0.25, 0.3) is 0 Å². The fraction of sp³-hybridized carbons (Fsp3) is 0.214. The Bertz CT molecular complexity index is 666. The van der Waals surface area contributed by atoms with E-state index in [0.717, 1.165) is 0 Å². The summed E-state index contributed by atoms with van der Waals surface area (Å²) in [4.78, 5) is 23.2. The number of aryl methyl sites for hydroxylation is 1. The topological polar surface area (TPSA) is 78.5 Å². The van der Waals surface area contributed by atoms with Crippen molar-refractivity contribution >= 4 is 23.2 Å². The largest absolute Gasteiger partial charge is 0.324 e. The molecule has 0 aliphatic rings. The molecule has 0 bridgehead atoms. The number of hydrogen-bond donors (Lipinski definition) is 2. The summed E-state index contributed by atoms with van der Waals surface area (Å²) >= 11 is 0. The minimum absolute atomic E-state index is 0.00819. The Morgan fingerprint density at radius 1 is 1.38 bits per heavy atom. The van der Waals surface area contributed by atoms with Crippen molar-refractivity contribution in [2.75, 3.05) is 10.4 Å². The number of nitrogens with one attached hydrogen (secondary N) is 1. The Morgan fingerprint density at radius 3 is 2.71 bits per heavy atom. The molecule has 0 saturated heterocycles. The summed E-state index contributed by atoms with van der Waals surface area (Å²) in [5.74, 6) is -0.787. The van der Waals surface area contributed by atoms with Gasteiger partial charge >= 0.3 is 0 Å². The number of carbonyl (C=O) groups is 2. The van der Waals surface area contributed by atoms with Crippen LogP contribution in [0.5, 0.6) is 0 Å². The van der Waals surface area contributed by atoms with Gasteiger partial charge in [0.15, 0.2) is 6.54 Å². The molecule has 7 nitrogen and oxygen atoms in total. The summed E-state index contributed by atoms with van der Waals surface area (Å²) in [6, 6.07) is 6.55. The lowest BCUT2D eigenvalue weighted by molar-refractivity contribution is -0.671. The molecular weight excluding hydrogens is 272 g/mol. The standard InChI is InChI=1S/C14H16N4O3/c1-11(19)15-12-5-3-4-6-13(12)18(21)14(20)9-17-8-7-16(2)10-17/h3-8,10,21H,9H2,1-2H3/p+1. The summed E-state index contributed by atoms with van der Waals surface area (Å²) in [6.45, 7) is 1.35. The maximum absolute atomic E-state index is 12.1. The Morgan fingerprint density at radius 2 is 2.10 bits per heavy atom. The monoisotopic (exact) mass is 289 g/mol. The highest BCUT2D eigenvalue weighted by atomic mass is 16.5. The number of imidazole rings is 1. The van der Waals surface area contributed by atoms with E-state index in [9.17, 15) is 14.8 Å². The smallest absolute Gasteiger partial charge is 0.292 e. The highest BCUT2D eigenvalue weighted by Crippen LogP contribution is 2.24. The number of carbonyl (C=O) groups excluding carboxylic acids is 2. The maximum atomic E-state index is 12.1. The number of amides is 2. The van der Waals surface area contributed by atoms with Crippen LogP contribution in [0.15, 0.2) is 43.0 Å². The van der Waals surface area contributed by atoms with Crippen molar-refractivity contribution in [3.8, 4) is 0 Å². The van der Waals surface area contributed by atoms with E-state index in [-0.39, 0.29) is 18.1 Å². The molecule has 0 atom stereocenters. The van der Waals surface area contributed by atoms with Crippen molar-refractivity contribution in [3.05, 3.63) is 43.0 Å². The third-order valence-electron chi connectivity index (χ3n) is 2.82. The van der Waals surface area contributed by atoms with Gasteiger partial charge in [-0.25, -0.2) is 9.13 Å². The van der Waals surface area contributed by atoms with Crippen molar-refractivity contribution in [2.45, 2.75) is 13.5 Å². The molecule has 2 amide bonds. The van der Waals surface area contributed by atoms with Crippen molar-refractivity contribution in [1.82, 2.24) is 4.57 Å². The summed E-state index contributed by atoms with van der Waals surface area (Å²) < 4.78 is 3.44.